The first-order valence-electron chi connectivity index (χ1n) is 5.96. The molecule has 1 unspecified atom stereocenters. The molecule has 1 saturated carbocycles. The zero-order chi connectivity index (χ0) is 10.7. The van der Waals surface area contributed by atoms with Gasteiger partial charge in [-0.05, 0) is 38.6 Å². The van der Waals surface area contributed by atoms with Crippen LogP contribution in [0.1, 0.15) is 49.2 Å². The molecule has 0 aliphatic heterocycles. The fourth-order valence-corrected chi connectivity index (χ4v) is 3.13. The number of aromatic nitrogens is 1. The van der Waals surface area contributed by atoms with Crippen molar-refractivity contribution in [3.8, 4) is 0 Å². The van der Waals surface area contributed by atoms with Crippen LogP contribution in [0.5, 0.6) is 0 Å². The van der Waals surface area contributed by atoms with Crippen LogP contribution in [0.2, 0.25) is 0 Å². The lowest BCUT2D eigenvalue weighted by molar-refractivity contribution is 0.233. The molecule has 0 bridgehead atoms. The predicted molar refractivity (Wildman–Crippen MR) is 65.2 cm³/mol. The molecule has 1 aromatic heterocycles. The SMILES string of the molecule is CCCNC(c1scnc1C)C1CCC1. The van der Waals surface area contributed by atoms with Gasteiger partial charge < -0.3 is 5.32 Å². The maximum Gasteiger partial charge on any atom is 0.0798 e. The normalized spacial score (nSPS) is 18.8. The summed E-state index contributed by atoms with van der Waals surface area (Å²) in [6.07, 6.45) is 5.39. The summed E-state index contributed by atoms with van der Waals surface area (Å²) in [4.78, 5) is 5.83. The predicted octanol–water partition coefficient (Wildman–Crippen LogP) is 3.29. The van der Waals surface area contributed by atoms with Crippen molar-refractivity contribution in [3.63, 3.8) is 0 Å². The molecule has 1 aromatic rings. The van der Waals surface area contributed by atoms with Gasteiger partial charge in [-0.1, -0.05) is 13.3 Å². The molecule has 2 nitrogen and oxygen atoms in total. The van der Waals surface area contributed by atoms with Crippen LogP contribution in [0.25, 0.3) is 0 Å². The van der Waals surface area contributed by atoms with Gasteiger partial charge in [0.1, 0.15) is 0 Å². The van der Waals surface area contributed by atoms with Crippen LogP contribution in [0, 0.1) is 12.8 Å². The topological polar surface area (TPSA) is 24.9 Å². The summed E-state index contributed by atoms with van der Waals surface area (Å²) in [6, 6.07) is 0.575. The van der Waals surface area contributed by atoms with Gasteiger partial charge in [0.2, 0.25) is 0 Å². The molecule has 0 spiro atoms. The molecule has 1 aliphatic carbocycles. The summed E-state index contributed by atoms with van der Waals surface area (Å²) in [5, 5.41) is 3.68. The molecule has 0 radical (unpaired) electrons. The standard InChI is InChI=1S/C12H20N2S/c1-3-7-13-11(10-5-4-6-10)12-9(2)14-8-15-12/h8,10-11,13H,3-7H2,1-2H3. The number of nitrogens with zero attached hydrogens (tertiary/aromatic N) is 1. The number of thiazole rings is 1. The number of rotatable bonds is 5. The van der Waals surface area contributed by atoms with Crippen LogP contribution in [0.4, 0.5) is 0 Å². The minimum absolute atomic E-state index is 0.575. The van der Waals surface area contributed by atoms with Gasteiger partial charge in [-0.2, -0.15) is 0 Å². The molecule has 3 heteroatoms. The second-order valence-electron chi connectivity index (χ2n) is 4.42. The Balaban J connectivity index is 2.07. The summed E-state index contributed by atoms with van der Waals surface area (Å²) in [7, 11) is 0. The van der Waals surface area contributed by atoms with Crippen molar-refractivity contribution >= 4 is 11.3 Å². The van der Waals surface area contributed by atoms with Crippen molar-refractivity contribution in [2.45, 2.75) is 45.6 Å². The van der Waals surface area contributed by atoms with Gasteiger partial charge >= 0.3 is 0 Å². The summed E-state index contributed by atoms with van der Waals surface area (Å²) in [5.74, 6) is 0.857. The molecule has 0 saturated heterocycles. The average molecular weight is 224 g/mol. The largest absolute Gasteiger partial charge is 0.309 e. The second kappa shape index (κ2) is 5.08. The van der Waals surface area contributed by atoms with E-state index in [1.165, 1.54) is 36.3 Å². The highest BCUT2D eigenvalue weighted by Crippen LogP contribution is 2.39. The van der Waals surface area contributed by atoms with E-state index in [9.17, 15) is 0 Å². The van der Waals surface area contributed by atoms with Crippen LogP contribution < -0.4 is 5.32 Å². The molecule has 84 valence electrons. The summed E-state index contributed by atoms with van der Waals surface area (Å²) in [6.45, 7) is 5.48. The molecular weight excluding hydrogens is 204 g/mol. The van der Waals surface area contributed by atoms with Crippen LogP contribution in [-0.4, -0.2) is 11.5 Å². The van der Waals surface area contributed by atoms with Crippen molar-refractivity contribution in [2.24, 2.45) is 5.92 Å². The first-order valence-corrected chi connectivity index (χ1v) is 6.84. The highest BCUT2D eigenvalue weighted by molar-refractivity contribution is 7.09. The van der Waals surface area contributed by atoms with Crippen LogP contribution in [0.15, 0.2) is 5.51 Å². The van der Waals surface area contributed by atoms with Gasteiger partial charge in [0, 0.05) is 10.9 Å². The van der Waals surface area contributed by atoms with Crippen molar-refractivity contribution in [2.75, 3.05) is 6.54 Å². The van der Waals surface area contributed by atoms with Gasteiger partial charge in [-0.25, -0.2) is 4.98 Å². The maximum atomic E-state index is 4.36. The lowest BCUT2D eigenvalue weighted by Gasteiger charge is -2.34. The zero-order valence-electron chi connectivity index (χ0n) is 9.62. The van der Waals surface area contributed by atoms with E-state index in [2.05, 4.69) is 24.1 Å². The molecule has 15 heavy (non-hydrogen) atoms. The first-order chi connectivity index (χ1) is 7.33. The maximum absolute atomic E-state index is 4.36. The smallest absolute Gasteiger partial charge is 0.0798 e. The Morgan fingerprint density at radius 3 is 2.87 bits per heavy atom. The Hall–Kier alpha value is -0.410. The van der Waals surface area contributed by atoms with Crippen molar-refractivity contribution in [3.05, 3.63) is 16.1 Å². The number of hydrogen-bond acceptors (Lipinski definition) is 3. The lowest BCUT2D eigenvalue weighted by Crippen LogP contribution is -2.32. The van der Waals surface area contributed by atoms with Gasteiger partial charge in [0.05, 0.1) is 11.2 Å². The van der Waals surface area contributed by atoms with Crippen molar-refractivity contribution in [1.82, 2.24) is 10.3 Å². The number of aryl methyl sites for hydroxylation is 1. The van der Waals surface area contributed by atoms with E-state index < -0.39 is 0 Å². The highest BCUT2D eigenvalue weighted by atomic mass is 32.1. The zero-order valence-corrected chi connectivity index (χ0v) is 10.4. The van der Waals surface area contributed by atoms with E-state index in [1.807, 2.05) is 16.8 Å². The molecule has 1 N–H and O–H groups in total. The number of hydrogen-bond donors (Lipinski definition) is 1. The quantitative estimate of drug-likeness (QED) is 0.830. The number of nitrogens with one attached hydrogen (secondary N) is 1. The third-order valence-corrected chi connectivity index (χ3v) is 4.31. The van der Waals surface area contributed by atoms with E-state index in [1.54, 1.807) is 0 Å². The van der Waals surface area contributed by atoms with E-state index >= 15 is 0 Å². The van der Waals surface area contributed by atoms with Crippen molar-refractivity contribution in [1.29, 1.82) is 0 Å². The summed E-state index contributed by atoms with van der Waals surface area (Å²) >= 11 is 1.81. The molecule has 1 fully saturated rings. The summed E-state index contributed by atoms with van der Waals surface area (Å²) in [5.41, 5.74) is 3.20. The van der Waals surface area contributed by atoms with Crippen LogP contribution in [-0.2, 0) is 0 Å². The molecule has 1 aliphatic rings. The average Bonchev–Trinajstić information content (AvgIpc) is 2.55. The minimum atomic E-state index is 0.575. The van der Waals surface area contributed by atoms with Gasteiger partial charge in [-0.15, -0.1) is 11.3 Å². The van der Waals surface area contributed by atoms with E-state index in [0.717, 1.165) is 12.5 Å². The van der Waals surface area contributed by atoms with Crippen LogP contribution in [0.3, 0.4) is 0 Å². The molecule has 0 aromatic carbocycles. The Morgan fingerprint density at radius 2 is 2.40 bits per heavy atom. The monoisotopic (exact) mass is 224 g/mol. The molecule has 1 atom stereocenters. The Labute approximate surface area is 96.1 Å². The minimum Gasteiger partial charge on any atom is -0.309 e. The molecule has 0 amide bonds. The fourth-order valence-electron chi connectivity index (χ4n) is 2.16. The van der Waals surface area contributed by atoms with E-state index in [0.29, 0.717) is 6.04 Å². The third kappa shape index (κ3) is 2.40. The molecule has 2 rings (SSSR count). The Bertz CT molecular complexity index is 304. The first kappa shape index (κ1) is 11.1. The Kier molecular flexibility index (Phi) is 3.76. The van der Waals surface area contributed by atoms with Crippen LogP contribution >= 0.6 is 11.3 Å². The second-order valence-corrected chi connectivity index (χ2v) is 5.31. The molecule has 1 heterocycles. The van der Waals surface area contributed by atoms with Crippen molar-refractivity contribution < 1.29 is 0 Å². The Morgan fingerprint density at radius 1 is 1.60 bits per heavy atom. The van der Waals surface area contributed by atoms with E-state index in [4.69, 9.17) is 0 Å². The molecular formula is C12H20N2S. The highest BCUT2D eigenvalue weighted by Gasteiger charge is 2.29. The summed E-state index contributed by atoms with van der Waals surface area (Å²) < 4.78 is 0. The lowest BCUT2D eigenvalue weighted by atomic mass is 9.79. The van der Waals surface area contributed by atoms with Gasteiger partial charge in [0.25, 0.3) is 0 Å². The van der Waals surface area contributed by atoms with Gasteiger partial charge in [-0.3, -0.25) is 0 Å². The van der Waals surface area contributed by atoms with Gasteiger partial charge in [0.15, 0.2) is 0 Å². The third-order valence-electron chi connectivity index (χ3n) is 3.30. The fraction of sp³-hybridized carbons (Fsp3) is 0.750. The van der Waals surface area contributed by atoms with E-state index in [-0.39, 0.29) is 0 Å².